The summed E-state index contributed by atoms with van der Waals surface area (Å²) >= 11 is 0. The zero-order chi connectivity index (χ0) is 26.3. The Bertz CT molecular complexity index is 1130. The molecule has 2 aromatic heterocycles. The first-order chi connectivity index (χ1) is 16.8. The molecule has 194 valence electrons. The molecule has 10 nitrogen and oxygen atoms in total. The standard InChI is InChI=1S/C26H35N5O5/c1-25(2,3)36-24(34)31-21(28-22(32)26(4,5)20-9-7-8-12-27-20)15-19(29-31)16-13-18(14-16)35-23(33)30(6)17-10-11-17/h7-9,12,15-18H,10-11,13-14H2,1-6H3,(H,28,32). The Kier molecular flexibility index (Phi) is 6.81. The summed E-state index contributed by atoms with van der Waals surface area (Å²) in [7, 11) is 1.76. The van der Waals surface area contributed by atoms with Crippen LogP contribution in [-0.4, -0.2) is 62.6 Å². The number of rotatable bonds is 6. The topological polar surface area (TPSA) is 116 Å². The molecule has 2 fully saturated rings. The van der Waals surface area contributed by atoms with Gasteiger partial charge in [-0.05, 0) is 72.4 Å². The van der Waals surface area contributed by atoms with Crippen molar-refractivity contribution in [2.75, 3.05) is 12.4 Å². The number of carbonyl (C=O) groups is 3. The molecular formula is C26H35N5O5. The molecule has 4 rings (SSSR count). The minimum atomic E-state index is -0.951. The molecule has 2 amide bonds. The summed E-state index contributed by atoms with van der Waals surface area (Å²) in [6, 6.07) is 7.37. The number of amides is 2. The number of nitrogens with one attached hydrogen (secondary N) is 1. The van der Waals surface area contributed by atoms with Crippen LogP contribution in [0.25, 0.3) is 0 Å². The van der Waals surface area contributed by atoms with E-state index in [1.807, 2.05) is 6.07 Å². The van der Waals surface area contributed by atoms with Crippen LogP contribution >= 0.6 is 0 Å². The number of carbonyl (C=O) groups excluding carboxylic acids is 3. The van der Waals surface area contributed by atoms with E-state index in [4.69, 9.17) is 9.47 Å². The maximum atomic E-state index is 13.2. The highest BCUT2D eigenvalue weighted by molar-refractivity contribution is 5.98. The molecule has 0 unspecified atom stereocenters. The summed E-state index contributed by atoms with van der Waals surface area (Å²) in [4.78, 5) is 44.4. The van der Waals surface area contributed by atoms with Crippen LogP contribution in [0.3, 0.4) is 0 Å². The van der Waals surface area contributed by atoms with E-state index in [0.29, 0.717) is 30.3 Å². The van der Waals surface area contributed by atoms with E-state index < -0.39 is 17.1 Å². The molecule has 2 aliphatic rings. The lowest BCUT2D eigenvalue weighted by atomic mass is 9.80. The van der Waals surface area contributed by atoms with Crippen molar-refractivity contribution < 1.29 is 23.9 Å². The van der Waals surface area contributed by atoms with Crippen LogP contribution in [-0.2, 0) is 19.7 Å². The van der Waals surface area contributed by atoms with Crippen molar-refractivity contribution in [3.8, 4) is 0 Å². The summed E-state index contributed by atoms with van der Waals surface area (Å²) < 4.78 is 12.2. The zero-order valence-electron chi connectivity index (χ0n) is 21.8. The number of nitrogens with zero attached hydrogens (tertiary/aromatic N) is 4. The van der Waals surface area contributed by atoms with E-state index in [0.717, 1.165) is 17.5 Å². The Morgan fingerprint density at radius 1 is 1.11 bits per heavy atom. The molecule has 10 heteroatoms. The van der Waals surface area contributed by atoms with Crippen LogP contribution in [0.2, 0.25) is 0 Å². The quantitative estimate of drug-likeness (QED) is 0.627. The average Bonchev–Trinajstić information content (AvgIpc) is 3.55. The maximum Gasteiger partial charge on any atom is 0.437 e. The van der Waals surface area contributed by atoms with E-state index in [-0.39, 0.29) is 29.8 Å². The van der Waals surface area contributed by atoms with Gasteiger partial charge in [0.1, 0.15) is 17.5 Å². The van der Waals surface area contributed by atoms with Gasteiger partial charge in [-0.2, -0.15) is 5.10 Å². The monoisotopic (exact) mass is 497 g/mol. The van der Waals surface area contributed by atoms with E-state index in [1.165, 1.54) is 0 Å². The largest absolute Gasteiger partial charge is 0.446 e. The molecule has 0 atom stereocenters. The van der Waals surface area contributed by atoms with Crippen molar-refractivity contribution in [1.82, 2.24) is 19.7 Å². The molecule has 0 bridgehead atoms. The SMILES string of the molecule is CN(C(=O)OC1CC(c2cc(NC(=O)C(C)(C)c3ccccn3)n(C(=O)OC(C)(C)C)n2)C1)C1CC1. The molecule has 0 aliphatic heterocycles. The highest BCUT2D eigenvalue weighted by atomic mass is 16.6. The summed E-state index contributed by atoms with van der Waals surface area (Å²) in [5, 5.41) is 7.32. The van der Waals surface area contributed by atoms with Gasteiger partial charge in [0.2, 0.25) is 5.91 Å². The Labute approximate surface area is 211 Å². The van der Waals surface area contributed by atoms with Crippen LogP contribution < -0.4 is 5.32 Å². The van der Waals surface area contributed by atoms with E-state index in [1.54, 1.807) is 71.0 Å². The molecule has 2 saturated carbocycles. The van der Waals surface area contributed by atoms with Gasteiger partial charge < -0.3 is 19.7 Å². The second-order valence-corrected chi connectivity index (χ2v) is 11.2. The van der Waals surface area contributed by atoms with Gasteiger partial charge in [-0.1, -0.05) is 6.07 Å². The van der Waals surface area contributed by atoms with Gasteiger partial charge in [0.25, 0.3) is 0 Å². The average molecular weight is 498 g/mol. The van der Waals surface area contributed by atoms with Crippen molar-refractivity contribution in [3.05, 3.63) is 41.9 Å². The van der Waals surface area contributed by atoms with Gasteiger partial charge >= 0.3 is 12.2 Å². The van der Waals surface area contributed by atoms with E-state index in [2.05, 4.69) is 15.4 Å². The molecule has 36 heavy (non-hydrogen) atoms. The zero-order valence-corrected chi connectivity index (χ0v) is 21.8. The van der Waals surface area contributed by atoms with Crippen LogP contribution in [0, 0.1) is 0 Å². The second kappa shape index (κ2) is 9.55. The fourth-order valence-electron chi connectivity index (χ4n) is 3.99. The summed E-state index contributed by atoms with van der Waals surface area (Å²) in [5.74, 6) is -0.111. The van der Waals surface area contributed by atoms with E-state index in [9.17, 15) is 14.4 Å². The maximum absolute atomic E-state index is 13.2. The highest BCUT2D eigenvalue weighted by Crippen LogP contribution is 2.40. The third-order valence-corrected chi connectivity index (χ3v) is 6.57. The predicted octanol–water partition coefficient (Wildman–Crippen LogP) is 4.45. The summed E-state index contributed by atoms with van der Waals surface area (Å²) in [6.45, 7) is 8.83. The predicted molar refractivity (Wildman–Crippen MR) is 133 cm³/mol. The Morgan fingerprint density at radius 2 is 1.81 bits per heavy atom. The van der Waals surface area contributed by atoms with Gasteiger partial charge in [0.15, 0.2) is 0 Å². The third kappa shape index (κ3) is 5.68. The Hall–Kier alpha value is -3.43. The lowest BCUT2D eigenvalue weighted by molar-refractivity contribution is -0.120. The Morgan fingerprint density at radius 3 is 2.39 bits per heavy atom. The smallest absolute Gasteiger partial charge is 0.437 e. The first kappa shape index (κ1) is 25.7. The number of pyridine rings is 1. The fraction of sp³-hybridized carbons (Fsp3) is 0.577. The van der Waals surface area contributed by atoms with Gasteiger partial charge in [0, 0.05) is 31.3 Å². The van der Waals surface area contributed by atoms with E-state index >= 15 is 0 Å². The minimum absolute atomic E-state index is 0.00262. The molecule has 0 spiro atoms. The van der Waals surface area contributed by atoms with Crippen LogP contribution in [0.1, 0.15) is 77.6 Å². The summed E-state index contributed by atoms with van der Waals surface area (Å²) in [5.41, 5.74) is -0.449. The minimum Gasteiger partial charge on any atom is -0.446 e. The fourth-order valence-corrected chi connectivity index (χ4v) is 3.99. The molecule has 2 aliphatic carbocycles. The van der Waals surface area contributed by atoms with Crippen molar-refractivity contribution in [2.45, 2.75) is 89.4 Å². The van der Waals surface area contributed by atoms with Crippen molar-refractivity contribution in [3.63, 3.8) is 0 Å². The highest BCUT2D eigenvalue weighted by Gasteiger charge is 2.39. The second-order valence-electron chi connectivity index (χ2n) is 11.2. The molecule has 2 heterocycles. The number of ether oxygens (including phenoxy) is 2. The van der Waals surface area contributed by atoms with Crippen LogP contribution in [0.4, 0.5) is 15.4 Å². The lowest BCUT2D eigenvalue weighted by Gasteiger charge is -2.34. The van der Waals surface area contributed by atoms with Crippen LogP contribution in [0.15, 0.2) is 30.5 Å². The molecular weight excluding hydrogens is 462 g/mol. The van der Waals surface area contributed by atoms with Crippen molar-refractivity contribution in [2.24, 2.45) is 0 Å². The first-order valence-electron chi connectivity index (χ1n) is 12.3. The summed E-state index contributed by atoms with van der Waals surface area (Å²) in [6.07, 6.45) is 3.69. The van der Waals surface area contributed by atoms with Crippen LogP contribution in [0.5, 0.6) is 0 Å². The third-order valence-electron chi connectivity index (χ3n) is 6.57. The number of anilines is 1. The number of aromatic nitrogens is 3. The van der Waals surface area contributed by atoms with Gasteiger partial charge in [-0.25, -0.2) is 9.59 Å². The molecule has 0 aromatic carbocycles. The molecule has 1 N–H and O–H groups in total. The lowest BCUT2D eigenvalue weighted by Crippen LogP contribution is -2.38. The molecule has 2 aromatic rings. The first-order valence-corrected chi connectivity index (χ1v) is 12.3. The Balaban J connectivity index is 1.49. The van der Waals surface area contributed by atoms with Gasteiger partial charge in [-0.3, -0.25) is 9.78 Å². The normalized spacial score (nSPS) is 19.7. The van der Waals surface area contributed by atoms with Gasteiger partial charge in [0.05, 0.1) is 16.8 Å². The number of hydrogen-bond acceptors (Lipinski definition) is 7. The number of hydrogen-bond donors (Lipinski definition) is 1. The van der Waals surface area contributed by atoms with Crippen molar-refractivity contribution in [1.29, 1.82) is 0 Å². The van der Waals surface area contributed by atoms with Gasteiger partial charge in [-0.15, -0.1) is 4.68 Å². The molecule has 0 radical (unpaired) electrons. The molecule has 0 saturated heterocycles. The van der Waals surface area contributed by atoms with Crippen molar-refractivity contribution >= 4 is 23.9 Å².